The normalized spacial score (nSPS) is 29.8. The number of nitrogens with one attached hydrogen (secondary N) is 1. The molecule has 4 rings (SSSR count). The molecule has 7 heteroatoms. The van der Waals surface area contributed by atoms with Crippen LogP contribution in [0.3, 0.4) is 0 Å². The van der Waals surface area contributed by atoms with Gasteiger partial charge in [-0.2, -0.15) is 4.31 Å². The first-order valence-electron chi connectivity index (χ1n) is 9.55. The maximum Gasteiger partial charge on any atom is 0.243 e. The second-order valence-corrected chi connectivity index (χ2v) is 9.83. The third-order valence-corrected chi connectivity index (χ3v) is 8.17. The molecule has 1 aromatic rings. The van der Waals surface area contributed by atoms with Crippen LogP contribution in [0.1, 0.15) is 32.6 Å². The quantitative estimate of drug-likeness (QED) is 0.873. The van der Waals surface area contributed by atoms with Crippen LogP contribution in [0.4, 0.5) is 5.69 Å². The van der Waals surface area contributed by atoms with Crippen molar-refractivity contribution in [1.82, 2.24) is 9.21 Å². The van der Waals surface area contributed by atoms with Crippen LogP contribution < -0.4 is 5.32 Å². The Labute approximate surface area is 155 Å². The molecule has 1 heterocycles. The predicted molar refractivity (Wildman–Crippen MR) is 100 cm³/mol. The third kappa shape index (κ3) is 3.40. The van der Waals surface area contributed by atoms with E-state index in [2.05, 4.69) is 10.2 Å². The van der Waals surface area contributed by atoms with E-state index in [4.69, 9.17) is 0 Å². The van der Waals surface area contributed by atoms with Crippen LogP contribution in [0.2, 0.25) is 0 Å². The van der Waals surface area contributed by atoms with Gasteiger partial charge in [0.25, 0.3) is 0 Å². The van der Waals surface area contributed by atoms with Crippen molar-refractivity contribution in [3.63, 3.8) is 0 Å². The topological polar surface area (TPSA) is 69.7 Å². The molecule has 1 saturated heterocycles. The van der Waals surface area contributed by atoms with Gasteiger partial charge in [-0.15, -0.1) is 0 Å². The predicted octanol–water partition coefficient (Wildman–Crippen LogP) is 2.14. The van der Waals surface area contributed by atoms with E-state index in [0.717, 1.165) is 24.9 Å². The minimum Gasteiger partial charge on any atom is -0.326 e. The van der Waals surface area contributed by atoms with Gasteiger partial charge in [0.2, 0.25) is 15.9 Å². The molecule has 6 nitrogen and oxygen atoms in total. The Balaban J connectivity index is 1.39. The molecule has 1 aromatic carbocycles. The maximum absolute atomic E-state index is 12.9. The lowest BCUT2D eigenvalue weighted by atomic mass is 9.93. The molecule has 26 heavy (non-hydrogen) atoms. The van der Waals surface area contributed by atoms with Crippen LogP contribution in [0.5, 0.6) is 0 Å². The number of rotatable bonds is 4. The van der Waals surface area contributed by atoms with Gasteiger partial charge in [0.05, 0.1) is 4.90 Å². The molecule has 2 bridgehead atoms. The van der Waals surface area contributed by atoms with Crippen LogP contribution >= 0.6 is 0 Å². The van der Waals surface area contributed by atoms with Crippen LogP contribution in [0.15, 0.2) is 29.2 Å². The van der Waals surface area contributed by atoms with Gasteiger partial charge in [0.15, 0.2) is 0 Å². The summed E-state index contributed by atoms with van der Waals surface area (Å²) in [5.41, 5.74) is 0.609. The molecule has 2 saturated carbocycles. The Morgan fingerprint density at radius 2 is 1.73 bits per heavy atom. The van der Waals surface area contributed by atoms with E-state index in [1.165, 1.54) is 32.6 Å². The lowest BCUT2D eigenvalue weighted by Crippen LogP contribution is -2.53. The van der Waals surface area contributed by atoms with Gasteiger partial charge in [-0.25, -0.2) is 8.42 Å². The van der Waals surface area contributed by atoms with E-state index in [9.17, 15) is 13.2 Å². The second kappa shape index (κ2) is 6.94. The van der Waals surface area contributed by atoms with Crippen molar-refractivity contribution < 1.29 is 13.2 Å². The van der Waals surface area contributed by atoms with Gasteiger partial charge >= 0.3 is 0 Å². The summed E-state index contributed by atoms with van der Waals surface area (Å²) in [6.45, 7) is 4.21. The Hall–Kier alpha value is -1.44. The fourth-order valence-electron chi connectivity index (χ4n) is 5.00. The summed E-state index contributed by atoms with van der Waals surface area (Å²) in [7, 11) is -3.47. The van der Waals surface area contributed by atoms with Gasteiger partial charge in [0.1, 0.15) is 0 Å². The van der Waals surface area contributed by atoms with Crippen LogP contribution in [-0.4, -0.2) is 55.8 Å². The summed E-state index contributed by atoms with van der Waals surface area (Å²) in [4.78, 5) is 13.9. The average molecular weight is 378 g/mol. The van der Waals surface area contributed by atoms with Gasteiger partial charge < -0.3 is 5.32 Å². The van der Waals surface area contributed by atoms with Gasteiger partial charge in [0, 0.05) is 44.8 Å². The molecule has 3 atom stereocenters. The highest BCUT2D eigenvalue weighted by Gasteiger charge is 2.43. The number of carbonyl (C=O) groups excluding carboxylic acids is 1. The first-order valence-corrected chi connectivity index (χ1v) is 11.0. The van der Waals surface area contributed by atoms with E-state index in [-0.39, 0.29) is 5.91 Å². The molecule has 0 unspecified atom stereocenters. The lowest BCUT2D eigenvalue weighted by molar-refractivity contribution is -0.114. The number of hydrogen-bond acceptors (Lipinski definition) is 4. The highest BCUT2D eigenvalue weighted by Crippen LogP contribution is 2.46. The molecule has 1 N–H and O–H groups in total. The molecule has 1 amide bonds. The molecule has 3 aliphatic rings. The number of carbonyl (C=O) groups is 1. The smallest absolute Gasteiger partial charge is 0.243 e. The van der Waals surface area contributed by atoms with Crippen molar-refractivity contribution in [2.24, 2.45) is 11.8 Å². The Kier molecular flexibility index (Phi) is 4.79. The first-order chi connectivity index (χ1) is 12.4. The number of benzene rings is 1. The number of sulfonamides is 1. The van der Waals surface area contributed by atoms with E-state index in [1.807, 2.05) is 0 Å². The number of piperazine rings is 1. The number of hydrogen-bond donors (Lipinski definition) is 1. The highest BCUT2D eigenvalue weighted by atomic mass is 32.2. The summed E-state index contributed by atoms with van der Waals surface area (Å²) >= 11 is 0. The van der Waals surface area contributed by atoms with E-state index >= 15 is 0 Å². The van der Waals surface area contributed by atoms with Crippen molar-refractivity contribution in [3.8, 4) is 0 Å². The van der Waals surface area contributed by atoms with E-state index in [0.29, 0.717) is 29.7 Å². The summed E-state index contributed by atoms with van der Waals surface area (Å²) in [6, 6.07) is 7.10. The molecular formula is C19H27N3O3S. The zero-order valence-electron chi connectivity index (χ0n) is 15.2. The van der Waals surface area contributed by atoms with Crippen molar-refractivity contribution >= 4 is 21.6 Å². The minimum absolute atomic E-state index is 0.169. The van der Waals surface area contributed by atoms with E-state index < -0.39 is 10.0 Å². The highest BCUT2D eigenvalue weighted by molar-refractivity contribution is 7.89. The van der Waals surface area contributed by atoms with Crippen molar-refractivity contribution in [2.45, 2.75) is 43.5 Å². The molecular weight excluding hydrogens is 350 g/mol. The summed E-state index contributed by atoms with van der Waals surface area (Å²) in [6.07, 6.45) is 5.43. The summed E-state index contributed by atoms with van der Waals surface area (Å²) in [5, 5.41) is 2.66. The fraction of sp³-hybridized carbons (Fsp3) is 0.632. The number of nitrogens with zero attached hydrogens (tertiary/aromatic N) is 2. The first kappa shape index (κ1) is 17.9. The number of anilines is 1. The molecule has 2 aliphatic carbocycles. The SMILES string of the molecule is CC(=O)Nc1ccc(S(=O)(=O)N2CCN([C@@H]3C[C@H]4CC[C@@H]3C4)CC2)cc1. The largest absolute Gasteiger partial charge is 0.326 e. The molecule has 1 aliphatic heterocycles. The van der Waals surface area contributed by atoms with Crippen LogP contribution in [0, 0.1) is 11.8 Å². The second-order valence-electron chi connectivity index (χ2n) is 7.89. The van der Waals surface area contributed by atoms with Gasteiger partial charge in [-0.3, -0.25) is 9.69 Å². The molecule has 3 fully saturated rings. The Bertz CT molecular complexity index is 770. The van der Waals surface area contributed by atoms with Crippen LogP contribution in [-0.2, 0) is 14.8 Å². The fourth-order valence-corrected chi connectivity index (χ4v) is 6.42. The summed E-state index contributed by atoms with van der Waals surface area (Å²) < 4.78 is 27.4. The van der Waals surface area contributed by atoms with Crippen molar-refractivity contribution in [3.05, 3.63) is 24.3 Å². The molecule has 0 aromatic heterocycles. The standard InChI is InChI=1S/C19H27N3O3S/c1-14(23)20-17-4-6-18(7-5-17)26(24,25)22-10-8-21(9-11-22)19-13-15-2-3-16(19)12-15/h4-7,15-16,19H,2-3,8-13H2,1H3,(H,20,23)/t15-,16+,19+/m0/s1. The average Bonchev–Trinajstić information content (AvgIpc) is 3.25. The zero-order chi connectivity index (χ0) is 18.3. The summed E-state index contributed by atoms with van der Waals surface area (Å²) in [5.74, 6) is 1.58. The Morgan fingerprint density at radius 3 is 2.27 bits per heavy atom. The van der Waals surface area contributed by atoms with Gasteiger partial charge in [-0.05, 0) is 55.4 Å². The van der Waals surface area contributed by atoms with E-state index in [1.54, 1.807) is 28.6 Å². The number of fused-ring (bicyclic) bond motifs is 2. The lowest BCUT2D eigenvalue weighted by Gasteiger charge is -2.40. The molecule has 0 radical (unpaired) electrons. The monoisotopic (exact) mass is 377 g/mol. The molecule has 142 valence electrons. The van der Waals surface area contributed by atoms with Gasteiger partial charge in [-0.1, -0.05) is 6.42 Å². The molecule has 0 spiro atoms. The third-order valence-electron chi connectivity index (χ3n) is 6.26. The van der Waals surface area contributed by atoms with Crippen molar-refractivity contribution in [1.29, 1.82) is 0 Å². The maximum atomic E-state index is 12.9. The van der Waals surface area contributed by atoms with Crippen molar-refractivity contribution in [2.75, 3.05) is 31.5 Å². The number of amides is 1. The van der Waals surface area contributed by atoms with Crippen LogP contribution in [0.25, 0.3) is 0 Å². The Morgan fingerprint density at radius 1 is 1.04 bits per heavy atom. The minimum atomic E-state index is -3.47. The zero-order valence-corrected chi connectivity index (χ0v) is 16.0.